The predicted molar refractivity (Wildman–Crippen MR) is 59.5 cm³/mol. The lowest BCUT2D eigenvalue weighted by Crippen LogP contribution is -2.22. The highest BCUT2D eigenvalue weighted by Crippen LogP contribution is 2.06. The monoisotopic (exact) mass is 177 g/mol. The molecule has 0 rings (SSSR count). The van der Waals surface area contributed by atoms with Crippen molar-refractivity contribution in [2.75, 3.05) is 6.54 Å². The molecule has 1 N–H and O–H groups in total. The molecule has 0 unspecified atom stereocenters. The van der Waals surface area contributed by atoms with Gasteiger partial charge in [0.25, 0.3) is 0 Å². The summed E-state index contributed by atoms with van der Waals surface area (Å²) in [6, 6.07) is 0.529. The van der Waals surface area contributed by atoms with E-state index in [1.54, 1.807) is 6.08 Å². The Labute approximate surface area is 81.9 Å². The SMILES string of the molecule is C#C/C=C(C)\C(C)=C/CNC(C)C. The van der Waals surface area contributed by atoms with Crippen LogP contribution in [-0.2, 0) is 0 Å². The summed E-state index contributed by atoms with van der Waals surface area (Å²) in [4.78, 5) is 0. The van der Waals surface area contributed by atoms with Crippen LogP contribution >= 0.6 is 0 Å². The molecule has 0 heterocycles. The summed E-state index contributed by atoms with van der Waals surface area (Å²) < 4.78 is 0. The van der Waals surface area contributed by atoms with Gasteiger partial charge in [0.1, 0.15) is 0 Å². The van der Waals surface area contributed by atoms with E-state index in [1.165, 1.54) is 5.57 Å². The molecule has 0 aliphatic heterocycles. The number of hydrogen-bond acceptors (Lipinski definition) is 1. The molecule has 0 aromatic rings. The minimum absolute atomic E-state index is 0.529. The van der Waals surface area contributed by atoms with Crippen LogP contribution in [0.25, 0.3) is 0 Å². The van der Waals surface area contributed by atoms with Crippen molar-refractivity contribution in [3.8, 4) is 12.3 Å². The molecule has 0 saturated heterocycles. The highest BCUT2D eigenvalue weighted by atomic mass is 14.9. The second-order valence-corrected chi connectivity index (χ2v) is 3.44. The maximum atomic E-state index is 5.17. The Balaban J connectivity index is 4.04. The first kappa shape index (κ1) is 12.0. The largest absolute Gasteiger partial charge is 0.311 e. The Morgan fingerprint density at radius 3 is 2.46 bits per heavy atom. The first-order valence-corrected chi connectivity index (χ1v) is 4.61. The van der Waals surface area contributed by atoms with E-state index in [-0.39, 0.29) is 0 Å². The molecule has 1 nitrogen and oxygen atoms in total. The van der Waals surface area contributed by atoms with Crippen molar-refractivity contribution >= 4 is 0 Å². The molecule has 0 bridgehead atoms. The van der Waals surface area contributed by atoms with Crippen molar-refractivity contribution in [3.63, 3.8) is 0 Å². The van der Waals surface area contributed by atoms with Crippen LogP contribution in [-0.4, -0.2) is 12.6 Å². The molecular formula is C12H19N. The summed E-state index contributed by atoms with van der Waals surface area (Å²) in [5, 5.41) is 3.32. The zero-order chi connectivity index (χ0) is 10.3. The minimum atomic E-state index is 0.529. The van der Waals surface area contributed by atoms with Gasteiger partial charge in [0, 0.05) is 12.6 Å². The minimum Gasteiger partial charge on any atom is -0.311 e. The molecule has 0 amide bonds. The van der Waals surface area contributed by atoms with Crippen LogP contribution in [0, 0.1) is 12.3 Å². The van der Waals surface area contributed by atoms with Gasteiger partial charge in [-0.25, -0.2) is 0 Å². The normalized spacial score (nSPS) is 13.2. The molecule has 0 saturated carbocycles. The lowest BCUT2D eigenvalue weighted by Gasteiger charge is -2.05. The number of terminal acetylenes is 1. The summed E-state index contributed by atoms with van der Waals surface area (Å²) in [6.07, 6.45) is 9.12. The van der Waals surface area contributed by atoms with Crippen LogP contribution in [0.3, 0.4) is 0 Å². The number of allylic oxidation sites excluding steroid dienone is 3. The van der Waals surface area contributed by atoms with E-state index in [1.807, 2.05) is 6.92 Å². The van der Waals surface area contributed by atoms with Gasteiger partial charge in [-0.3, -0.25) is 0 Å². The fraction of sp³-hybridized carbons (Fsp3) is 0.500. The van der Waals surface area contributed by atoms with Crippen molar-refractivity contribution in [2.45, 2.75) is 33.7 Å². The molecule has 1 heteroatoms. The van der Waals surface area contributed by atoms with Gasteiger partial charge >= 0.3 is 0 Å². The van der Waals surface area contributed by atoms with Crippen LogP contribution in [0.1, 0.15) is 27.7 Å². The summed E-state index contributed by atoms with van der Waals surface area (Å²) >= 11 is 0. The quantitative estimate of drug-likeness (QED) is 0.514. The first-order valence-electron chi connectivity index (χ1n) is 4.61. The summed E-state index contributed by atoms with van der Waals surface area (Å²) in [6.45, 7) is 9.27. The van der Waals surface area contributed by atoms with Crippen LogP contribution in [0.2, 0.25) is 0 Å². The van der Waals surface area contributed by atoms with Crippen molar-refractivity contribution in [2.24, 2.45) is 0 Å². The Hall–Kier alpha value is -1.00. The molecule has 0 aliphatic rings. The van der Waals surface area contributed by atoms with E-state index in [9.17, 15) is 0 Å². The van der Waals surface area contributed by atoms with E-state index in [4.69, 9.17) is 6.42 Å². The van der Waals surface area contributed by atoms with Crippen LogP contribution in [0.15, 0.2) is 23.3 Å². The van der Waals surface area contributed by atoms with Gasteiger partial charge < -0.3 is 5.32 Å². The molecule has 0 aromatic carbocycles. The van der Waals surface area contributed by atoms with E-state index in [0.29, 0.717) is 6.04 Å². The van der Waals surface area contributed by atoms with Gasteiger partial charge in [0.15, 0.2) is 0 Å². The van der Waals surface area contributed by atoms with Gasteiger partial charge in [-0.15, -0.1) is 6.42 Å². The van der Waals surface area contributed by atoms with Crippen LogP contribution in [0.4, 0.5) is 0 Å². The number of hydrogen-bond donors (Lipinski definition) is 1. The lowest BCUT2D eigenvalue weighted by atomic mass is 10.1. The van der Waals surface area contributed by atoms with Crippen molar-refractivity contribution < 1.29 is 0 Å². The van der Waals surface area contributed by atoms with Gasteiger partial charge in [-0.1, -0.05) is 31.4 Å². The molecule has 0 spiro atoms. The van der Waals surface area contributed by atoms with Gasteiger partial charge in [0.2, 0.25) is 0 Å². The maximum absolute atomic E-state index is 5.17. The molecular weight excluding hydrogens is 158 g/mol. The Bertz CT molecular complexity index is 238. The average molecular weight is 177 g/mol. The maximum Gasteiger partial charge on any atom is 0.0142 e. The van der Waals surface area contributed by atoms with Gasteiger partial charge in [-0.05, 0) is 25.5 Å². The Morgan fingerprint density at radius 1 is 1.38 bits per heavy atom. The molecule has 0 aromatic heterocycles. The molecule has 0 radical (unpaired) electrons. The molecule has 0 atom stereocenters. The van der Waals surface area contributed by atoms with Crippen LogP contribution in [0.5, 0.6) is 0 Å². The molecule has 0 aliphatic carbocycles. The Morgan fingerprint density at radius 2 is 2.00 bits per heavy atom. The molecule has 72 valence electrons. The fourth-order valence-corrected chi connectivity index (χ4v) is 0.848. The fourth-order valence-electron chi connectivity index (χ4n) is 0.848. The third kappa shape index (κ3) is 6.19. The Kier molecular flexibility index (Phi) is 6.01. The van der Waals surface area contributed by atoms with Gasteiger partial charge in [-0.2, -0.15) is 0 Å². The summed E-state index contributed by atoms with van der Waals surface area (Å²) in [5.41, 5.74) is 2.40. The van der Waals surface area contributed by atoms with Gasteiger partial charge in [0.05, 0.1) is 0 Å². The van der Waals surface area contributed by atoms with Crippen molar-refractivity contribution in [3.05, 3.63) is 23.3 Å². The first-order chi connectivity index (χ1) is 6.07. The van der Waals surface area contributed by atoms with E-state index < -0.39 is 0 Å². The average Bonchev–Trinajstić information content (AvgIpc) is 2.04. The summed E-state index contributed by atoms with van der Waals surface area (Å²) in [7, 11) is 0. The zero-order valence-corrected chi connectivity index (χ0v) is 9.02. The van der Waals surface area contributed by atoms with Crippen LogP contribution < -0.4 is 5.32 Å². The smallest absolute Gasteiger partial charge is 0.0142 e. The second-order valence-electron chi connectivity index (χ2n) is 3.44. The topological polar surface area (TPSA) is 12.0 Å². The second kappa shape index (κ2) is 6.51. The van der Waals surface area contributed by atoms with E-state index in [0.717, 1.165) is 12.1 Å². The zero-order valence-electron chi connectivity index (χ0n) is 9.02. The standard InChI is InChI=1S/C12H19N/c1-6-7-11(4)12(5)8-9-13-10(2)3/h1,7-8,10,13H,9H2,2-5H3/b11-7-,12-8-. The van der Waals surface area contributed by atoms with E-state index >= 15 is 0 Å². The van der Waals surface area contributed by atoms with E-state index in [2.05, 4.69) is 38.1 Å². The lowest BCUT2D eigenvalue weighted by molar-refractivity contribution is 0.631. The predicted octanol–water partition coefficient (Wildman–Crippen LogP) is 2.51. The third-order valence-corrected chi connectivity index (χ3v) is 1.86. The third-order valence-electron chi connectivity index (χ3n) is 1.86. The number of nitrogens with one attached hydrogen (secondary N) is 1. The van der Waals surface area contributed by atoms with Crippen molar-refractivity contribution in [1.29, 1.82) is 0 Å². The number of rotatable bonds is 4. The highest BCUT2D eigenvalue weighted by Gasteiger charge is 1.92. The highest BCUT2D eigenvalue weighted by molar-refractivity contribution is 5.32. The molecule has 0 fully saturated rings. The molecule has 13 heavy (non-hydrogen) atoms. The summed E-state index contributed by atoms with van der Waals surface area (Å²) in [5.74, 6) is 2.52. The van der Waals surface area contributed by atoms with Crippen molar-refractivity contribution in [1.82, 2.24) is 5.32 Å².